The molecule has 0 aliphatic heterocycles. The molecule has 1 aromatic heterocycles. The van der Waals surface area contributed by atoms with E-state index in [9.17, 15) is 4.79 Å². The molecular weight excluding hydrogens is 386 g/mol. The molecule has 6 nitrogen and oxygen atoms in total. The van der Waals surface area contributed by atoms with E-state index in [0.717, 1.165) is 15.8 Å². The van der Waals surface area contributed by atoms with Crippen LogP contribution in [0.3, 0.4) is 0 Å². The molecule has 0 unspecified atom stereocenters. The van der Waals surface area contributed by atoms with E-state index in [1.807, 2.05) is 36.2 Å². The van der Waals surface area contributed by atoms with Gasteiger partial charge in [0.15, 0.2) is 0 Å². The summed E-state index contributed by atoms with van der Waals surface area (Å²) in [6, 6.07) is 9.63. The van der Waals surface area contributed by atoms with Crippen molar-refractivity contribution in [3.05, 3.63) is 45.6 Å². The van der Waals surface area contributed by atoms with E-state index < -0.39 is 0 Å². The molecule has 0 saturated carbocycles. The summed E-state index contributed by atoms with van der Waals surface area (Å²) in [7, 11) is 1.83. The number of benzene rings is 1. The number of likely N-dealkylation sites (N-methyl/N-ethyl adjacent to an activating group) is 1. The molecular formula is C18H20BrN3O3. The third kappa shape index (κ3) is 5.34. The summed E-state index contributed by atoms with van der Waals surface area (Å²) >= 11 is 3.37. The Labute approximate surface area is 155 Å². The van der Waals surface area contributed by atoms with E-state index in [0.29, 0.717) is 24.5 Å². The molecule has 1 N–H and O–H groups in total. The number of hydrogen-bond acceptors (Lipinski definition) is 5. The quantitative estimate of drug-likeness (QED) is 0.762. The lowest BCUT2D eigenvalue weighted by Gasteiger charge is -2.16. The number of furan rings is 1. The van der Waals surface area contributed by atoms with Crippen LogP contribution in [0.1, 0.15) is 16.9 Å². The summed E-state index contributed by atoms with van der Waals surface area (Å²) in [5.41, 5.74) is 1.11. The Morgan fingerprint density at radius 3 is 2.68 bits per heavy atom. The Morgan fingerprint density at radius 2 is 2.04 bits per heavy atom. The Morgan fingerprint density at radius 1 is 1.36 bits per heavy atom. The first kappa shape index (κ1) is 19.0. The molecule has 0 radical (unpaired) electrons. The van der Waals surface area contributed by atoms with Crippen LogP contribution in [0.4, 0.5) is 5.88 Å². The van der Waals surface area contributed by atoms with Gasteiger partial charge in [0.05, 0.1) is 6.54 Å². The SMILES string of the molecule is Cc1oc(NC(=O)CN(C)CCOc2ccc(Br)cc2)c(C#N)c1C. The Balaban J connectivity index is 1.79. The van der Waals surface area contributed by atoms with Gasteiger partial charge in [-0.15, -0.1) is 0 Å². The average molecular weight is 406 g/mol. The van der Waals surface area contributed by atoms with Gasteiger partial charge < -0.3 is 9.15 Å². The first-order valence-corrected chi connectivity index (χ1v) is 8.57. The monoisotopic (exact) mass is 405 g/mol. The van der Waals surface area contributed by atoms with Gasteiger partial charge >= 0.3 is 0 Å². The van der Waals surface area contributed by atoms with Crippen molar-refractivity contribution in [1.29, 1.82) is 5.26 Å². The molecule has 1 amide bonds. The number of ether oxygens (including phenoxy) is 1. The zero-order valence-corrected chi connectivity index (χ0v) is 16.0. The van der Waals surface area contributed by atoms with Crippen molar-refractivity contribution in [3.63, 3.8) is 0 Å². The first-order chi connectivity index (χ1) is 11.9. The predicted octanol–water partition coefficient (Wildman–Crippen LogP) is 3.48. The van der Waals surface area contributed by atoms with Gasteiger partial charge in [-0.05, 0) is 45.2 Å². The molecule has 0 aliphatic carbocycles. The molecule has 2 aromatic rings. The number of hydrogen-bond donors (Lipinski definition) is 1. The topological polar surface area (TPSA) is 78.5 Å². The second-order valence-corrected chi connectivity index (χ2v) is 6.60. The van der Waals surface area contributed by atoms with E-state index in [1.165, 1.54) is 0 Å². The lowest BCUT2D eigenvalue weighted by Crippen LogP contribution is -2.33. The van der Waals surface area contributed by atoms with Crippen molar-refractivity contribution in [2.24, 2.45) is 0 Å². The molecule has 0 atom stereocenters. The van der Waals surface area contributed by atoms with Crippen molar-refractivity contribution in [1.82, 2.24) is 4.90 Å². The lowest BCUT2D eigenvalue weighted by molar-refractivity contribution is -0.117. The highest BCUT2D eigenvalue weighted by atomic mass is 79.9. The average Bonchev–Trinajstić information content (AvgIpc) is 2.82. The third-order valence-corrected chi connectivity index (χ3v) is 4.25. The van der Waals surface area contributed by atoms with Crippen LogP contribution in [0.2, 0.25) is 0 Å². The van der Waals surface area contributed by atoms with Crippen LogP contribution in [-0.2, 0) is 4.79 Å². The van der Waals surface area contributed by atoms with Crippen molar-refractivity contribution in [3.8, 4) is 11.8 Å². The number of halogens is 1. The van der Waals surface area contributed by atoms with E-state index in [2.05, 4.69) is 27.3 Å². The fourth-order valence-electron chi connectivity index (χ4n) is 2.19. The minimum absolute atomic E-state index is 0.174. The number of amides is 1. The van der Waals surface area contributed by atoms with Gasteiger partial charge in [0.25, 0.3) is 0 Å². The molecule has 2 rings (SSSR count). The van der Waals surface area contributed by atoms with Crippen LogP contribution in [0.25, 0.3) is 0 Å². The molecule has 1 aromatic carbocycles. The maximum atomic E-state index is 12.1. The normalized spacial score (nSPS) is 10.6. The van der Waals surface area contributed by atoms with Crippen LogP contribution in [-0.4, -0.2) is 37.6 Å². The number of carbonyl (C=O) groups excluding carboxylic acids is 1. The zero-order valence-electron chi connectivity index (χ0n) is 14.4. The van der Waals surface area contributed by atoms with Gasteiger partial charge in [-0.1, -0.05) is 15.9 Å². The molecule has 132 valence electrons. The summed E-state index contributed by atoms with van der Waals surface area (Å²) in [6.45, 7) is 4.78. The minimum atomic E-state index is -0.239. The Bertz CT molecular complexity index is 778. The molecule has 0 aliphatic rings. The third-order valence-electron chi connectivity index (χ3n) is 3.72. The van der Waals surface area contributed by atoms with Crippen molar-refractivity contribution < 1.29 is 13.9 Å². The Hall–Kier alpha value is -2.30. The van der Waals surface area contributed by atoms with E-state index >= 15 is 0 Å². The highest BCUT2D eigenvalue weighted by Crippen LogP contribution is 2.25. The van der Waals surface area contributed by atoms with E-state index in [1.54, 1.807) is 13.8 Å². The number of nitrogens with zero attached hydrogens (tertiary/aromatic N) is 2. The maximum Gasteiger partial charge on any atom is 0.240 e. The van der Waals surface area contributed by atoms with Crippen molar-refractivity contribution in [2.45, 2.75) is 13.8 Å². The van der Waals surface area contributed by atoms with E-state index in [4.69, 9.17) is 14.4 Å². The zero-order chi connectivity index (χ0) is 18.4. The molecule has 1 heterocycles. The summed E-state index contributed by atoms with van der Waals surface area (Å²) in [5.74, 6) is 1.38. The van der Waals surface area contributed by atoms with Crippen molar-refractivity contribution >= 4 is 27.7 Å². The molecule has 0 spiro atoms. The molecule has 0 fully saturated rings. The highest BCUT2D eigenvalue weighted by Gasteiger charge is 2.17. The van der Waals surface area contributed by atoms with Crippen LogP contribution < -0.4 is 10.1 Å². The molecule has 7 heteroatoms. The number of nitrogens with one attached hydrogen (secondary N) is 1. The maximum absolute atomic E-state index is 12.1. The standard InChI is InChI=1S/C18H20BrN3O3/c1-12-13(2)25-18(16(12)10-20)21-17(23)11-22(3)8-9-24-15-6-4-14(19)5-7-15/h4-7H,8-9,11H2,1-3H3,(H,21,23). The van der Waals surface area contributed by atoms with Gasteiger partial charge in [0, 0.05) is 16.6 Å². The number of carbonyl (C=O) groups is 1. The number of rotatable bonds is 7. The van der Waals surface area contributed by atoms with Gasteiger partial charge in [0.1, 0.15) is 29.7 Å². The first-order valence-electron chi connectivity index (χ1n) is 7.77. The van der Waals surface area contributed by atoms with Gasteiger partial charge in [-0.3, -0.25) is 15.0 Å². The van der Waals surface area contributed by atoms with Crippen LogP contribution >= 0.6 is 15.9 Å². The fourth-order valence-corrected chi connectivity index (χ4v) is 2.45. The van der Waals surface area contributed by atoms with Gasteiger partial charge in [-0.25, -0.2) is 0 Å². The van der Waals surface area contributed by atoms with Gasteiger partial charge in [0.2, 0.25) is 11.8 Å². The minimum Gasteiger partial charge on any atom is -0.492 e. The smallest absolute Gasteiger partial charge is 0.240 e. The van der Waals surface area contributed by atoms with Crippen LogP contribution in [0.15, 0.2) is 33.2 Å². The summed E-state index contributed by atoms with van der Waals surface area (Å²) in [6.07, 6.45) is 0. The highest BCUT2D eigenvalue weighted by molar-refractivity contribution is 9.10. The number of aryl methyl sites for hydroxylation is 1. The van der Waals surface area contributed by atoms with Crippen molar-refractivity contribution in [2.75, 3.05) is 32.1 Å². The van der Waals surface area contributed by atoms with Crippen LogP contribution in [0, 0.1) is 25.2 Å². The molecule has 25 heavy (non-hydrogen) atoms. The lowest BCUT2D eigenvalue weighted by atomic mass is 10.2. The summed E-state index contributed by atoms with van der Waals surface area (Å²) < 4.78 is 12.1. The summed E-state index contributed by atoms with van der Waals surface area (Å²) in [4.78, 5) is 14.0. The summed E-state index contributed by atoms with van der Waals surface area (Å²) in [5, 5.41) is 11.8. The van der Waals surface area contributed by atoms with Gasteiger partial charge in [-0.2, -0.15) is 5.26 Å². The second kappa shape index (κ2) is 8.70. The fraction of sp³-hybridized carbons (Fsp3) is 0.333. The van der Waals surface area contributed by atoms with Crippen LogP contribution in [0.5, 0.6) is 5.75 Å². The van der Waals surface area contributed by atoms with E-state index in [-0.39, 0.29) is 18.3 Å². The number of nitriles is 1. The number of anilines is 1. The largest absolute Gasteiger partial charge is 0.492 e. The predicted molar refractivity (Wildman–Crippen MR) is 98.7 cm³/mol. The Kier molecular flexibility index (Phi) is 6.62. The second-order valence-electron chi connectivity index (χ2n) is 5.69. The molecule has 0 saturated heterocycles. The molecule has 0 bridgehead atoms.